The number of pyridine rings is 2. The molecule has 0 saturated heterocycles. The third-order valence-corrected chi connectivity index (χ3v) is 5.38. The van der Waals surface area contributed by atoms with Gasteiger partial charge in [0.2, 0.25) is 0 Å². The van der Waals surface area contributed by atoms with Gasteiger partial charge >= 0.3 is 12.1 Å². The third-order valence-electron chi connectivity index (χ3n) is 5.38. The van der Waals surface area contributed by atoms with Crippen LogP contribution in [-0.2, 0) is 11.0 Å². The minimum atomic E-state index is -4.43. The second kappa shape index (κ2) is 11.7. The second-order valence-electron chi connectivity index (χ2n) is 8.71. The lowest BCUT2D eigenvalue weighted by atomic mass is 9.95. The summed E-state index contributed by atoms with van der Waals surface area (Å²) in [5.74, 6) is -0.469. The van der Waals surface area contributed by atoms with Crippen molar-refractivity contribution in [3.8, 4) is 11.3 Å². The van der Waals surface area contributed by atoms with Gasteiger partial charge < -0.3 is 15.7 Å². The smallest absolute Gasteiger partial charge is 0.417 e. The summed E-state index contributed by atoms with van der Waals surface area (Å²) in [7, 11) is 0. The molecule has 0 aliphatic carbocycles. The Labute approximate surface area is 206 Å². The number of carbonyl (C=O) groups is 2. The van der Waals surface area contributed by atoms with Crippen LogP contribution in [0.1, 0.15) is 54.2 Å². The van der Waals surface area contributed by atoms with Gasteiger partial charge in [0.25, 0.3) is 5.91 Å². The Balaban J connectivity index is 1.70. The number of amides is 1. The highest BCUT2D eigenvalue weighted by Gasteiger charge is 2.30. The molecule has 2 heterocycles. The van der Waals surface area contributed by atoms with Crippen molar-refractivity contribution in [2.24, 2.45) is 5.92 Å². The number of halogens is 3. The molecule has 3 aromatic rings. The van der Waals surface area contributed by atoms with Crippen LogP contribution in [0.25, 0.3) is 11.3 Å². The van der Waals surface area contributed by atoms with E-state index in [-0.39, 0.29) is 19.0 Å². The van der Waals surface area contributed by atoms with Crippen LogP contribution in [-0.4, -0.2) is 33.5 Å². The maximum absolute atomic E-state index is 12.8. The Morgan fingerprint density at radius 1 is 0.972 bits per heavy atom. The van der Waals surface area contributed by atoms with Crippen LogP contribution >= 0.6 is 0 Å². The fourth-order valence-corrected chi connectivity index (χ4v) is 3.55. The Hall–Kier alpha value is -3.95. The number of carboxylic acid groups (broad SMARTS) is 1. The van der Waals surface area contributed by atoms with Crippen molar-refractivity contribution < 1.29 is 27.9 Å². The molecule has 0 aliphatic heterocycles. The first kappa shape index (κ1) is 26.7. The number of carboxylic acids is 1. The topological polar surface area (TPSA) is 104 Å². The summed E-state index contributed by atoms with van der Waals surface area (Å²) in [6, 6.07) is 13.0. The van der Waals surface area contributed by atoms with Gasteiger partial charge in [0, 0.05) is 24.5 Å². The Kier molecular flexibility index (Phi) is 8.63. The summed E-state index contributed by atoms with van der Waals surface area (Å²) in [6.45, 7) is 4.21. The summed E-state index contributed by atoms with van der Waals surface area (Å²) in [5.41, 5.74) is 1.64. The highest BCUT2D eigenvalue weighted by atomic mass is 19.4. The number of aromatic nitrogens is 2. The van der Waals surface area contributed by atoms with Crippen LogP contribution in [0.5, 0.6) is 0 Å². The largest absolute Gasteiger partial charge is 0.481 e. The molecule has 3 N–H and O–H groups in total. The second-order valence-corrected chi connectivity index (χ2v) is 8.71. The van der Waals surface area contributed by atoms with Crippen LogP contribution in [0.4, 0.5) is 19.0 Å². The number of anilines is 1. The molecule has 1 atom stereocenters. The SMILES string of the molecule is CC(C)C[C@H](Nc1ccc(C(=O)NCCC(=O)O)cn1)c1ccc(-c2ccc(C(F)(F)F)cn2)cc1. The zero-order chi connectivity index (χ0) is 26.3. The van der Waals surface area contributed by atoms with E-state index in [2.05, 4.69) is 34.4 Å². The zero-order valence-electron chi connectivity index (χ0n) is 19.8. The van der Waals surface area contributed by atoms with Crippen molar-refractivity contribution >= 4 is 17.7 Å². The molecule has 190 valence electrons. The summed E-state index contributed by atoms with van der Waals surface area (Å²) >= 11 is 0. The number of hydrogen-bond acceptors (Lipinski definition) is 5. The molecule has 0 bridgehead atoms. The molecule has 0 aliphatic rings. The number of nitrogens with zero attached hydrogens (tertiary/aromatic N) is 2. The van der Waals surface area contributed by atoms with Crippen LogP contribution in [0.2, 0.25) is 0 Å². The number of carbonyl (C=O) groups excluding carboxylic acids is 1. The lowest BCUT2D eigenvalue weighted by Gasteiger charge is -2.22. The summed E-state index contributed by atoms with van der Waals surface area (Å²) in [6.07, 6.45) is -1.56. The molecule has 0 unspecified atom stereocenters. The van der Waals surface area contributed by atoms with Gasteiger partial charge in [-0.1, -0.05) is 38.1 Å². The van der Waals surface area contributed by atoms with E-state index in [1.165, 1.54) is 12.3 Å². The molecule has 1 amide bonds. The fourth-order valence-electron chi connectivity index (χ4n) is 3.55. The van der Waals surface area contributed by atoms with E-state index in [0.717, 1.165) is 24.2 Å². The molecule has 10 heteroatoms. The first-order valence-electron chi connectivity index (χ1n) is 11.4. The minimum absolute atomic E-state index is 0.0304. The standard InChI is InChI=1S/C26H27F3N4O3/c1-16(2)13-22(33-23-10-7-19(14-32-23)25(36)30-12-11-24(34)35)18-5-3-17(4-6-18)21-9-8-20(15-31-21)26(27,28)29/h3-10,14-16,22H,11-13H2,1-2H3,(H,30,36)(H,32,33)(H,34,35)/t22-/m0/s1. The Morgan fingerprint density at radius 3 is 2.22 bits per heavy atom. The number of hydrogen-bond donors (Lipinski definition) is 3. The average Bonchev–Trinajstić information content (AvgIpc) is 2.83. The van der Waals surface area contributed by atoms with E-state index in [4.69, 9.17) is 5.11 Å². The maximum atomic E-state index is 12.8. The zero-order valence-corrected chi connectivity index (χ0v) is 19.8. The summed E-state index contributed by atoms with van der Waals surface area (Å²) < 4.78 is 38.4. The molecule has 2 aromatic heterocycles. The lowest BCUT2D eigenvalue weighted by Crippen LogP contribution is -2.26. The van der Waals surface area contributed by atoms with Crippen LogP contribution in [0, 0.1) is 5.92 Å². The van der Waals surface area contributed by atoms with Crippen LogP contribution in [0.3, 0.4) is 0 Å². The van der Waals surface area contributed by atoms with E-state index in [0.29, 0.717) is 28.6 Å². The molecule has 0 saturated carbocycles. The lowest BCUT2D eigenvalue weighted by molar-refractivity contribution is -0.138. The van der Waals surface area contributed by atoms with Crippen molar-refractivity contribution in [3.05, 3.63) is 77.6 Å². The van der Waals surface area contributed by atoms with Crippen LogP contribution < -0.4 is 10.6 Å². The maximum Gasteiger partial charge on any atom is 0.417 e. The van der Waals surface area contributed by atoms with E-state index in [9.17, 15) is 22.8 Å². The van der Waals surface area contributed by atoms with Crippen molar-refractivity contribution in [1.29, 1.82) is 0 Å². The van der Waals surface area contributed by atoms with Gasteiger partial charge in [-0.25, -0.2) is 4.98 Å². The van der Waals surface area contributed by atoms with E-state index >= 15 is 0 Å². The molecule has 0 radical (unpaired) electrons. The fraction of sp³-hybridized carbons (Fsp3) is 0.308. The van der Waals surface area contributed by atoms with Crippen LogP contribution in [0.15, 0.2) is 60.9 Å². The van der Waals surface area contributed by atoms with Crippen molar-refractivity contribution in [2.75, 3.05) is 11.9 Å². The summed E-state index contributed by atoms with van der Waals surface area (Å²) in [5, 5.41) is 14.6. The highest BCUT2D eigenvalue weighted by Crippen LogP contribution is 2.31. The van der Waals surface area contributed by atoms with Crippen molar-refractivity contribution in [1.82, 2.24) is 15.3 Å². The Morgan fingerprint density at radius 2 is 1.69 bits per heavy atom. The number of benzene rings is 1. The molecule has 3 rings (SSSR count). The van der Waals surface area contributed by atoms with E-state index in [1.807, 2.05) is 24.3 Å². The average molecular weight is 501 g/mol. The van der Waals surface area contributed by atoms with E-state index < -0.39 is 23.6 Å². The van der Waals surface area contributed by atoms with Gasteiger partial charge in [-0.2, -0.15) is 13.2 Å². The van der Waals surface area contributed by atoms with Crippen molar-refractivity contribution in [3.63, 3.8) is 0 Å². The number of nitrogens with one attached hydrogen (secondary N) is 2. The predicted octanol–water partition coefficient (Wildman–Crippen LogP) is 5.57. The molecule has 0 spiro atoms. The van der Waals surface area contributed by atoms with Gasteiger partial charge in [0.15, 0.2) is 0 Å². The number of alkyl halides is 3. The monoisotopic (exact) mass is 500 g/mol. The quantitative estimate of drug-likeness (QED) is 0.336. The molecular formula is C26H27F3N4O3. The first-order chi connectivity index (χ1) is 17.0. The predicted molar refractivity (Wildman–Crippen MR) is 129 cm³/mol. The van der Waals surface area contributed by atoms with Gasteiger partial charge in [-0.15, -0.1) is 0 Å². The minimum Gasteiger partial charge on any atom is -0.481 e. The number of rotatable bonds is 10. The molecular weight excluding hydrogens is 473 g/mol. The molecule has 36 heavy (non-hydrogen) atoms. The van der Waals surface area contributed by atoms with Gasteiger partial charge in [-0.3, -0.25) is 14.6 Å². The third kappa shape index (κ3) is 7.53. The molecule has 0 fully saturated rings. The van der Waals surface area contributed by atoms with Gasteiger partial charge in [0.05, 0.1) is 29.3 Å². The normalized spacial score (nSPS) is 12.3. The number of aliphatic carboxylic acids is 1. The summed E-state index contributed by atoms with van der Waals surface area (Å²) in [4.78, 5) is 31.0. The van der Waals surface area contributed by atoms with Gasteiger partial charge in [0.1, 0.15) is 5.82 Å². The molecule has 1 aromatic carbocycles. The van der Waals surface area contributed by atoms with Crippen molar-refractivity contribution in [2.45, 2.75) is 38.9 Å². The Bertz CT molecular complexity index is 1160. The molecule has 7 nitrogen and oxygen atoms in total. The first-order valence-corrected chi connectivity index (χ1v) is 11.4. The highest BCUT2D eigenvalue weighted by molar-refractivity contribution is 5.94. The van der Waals surface area contributed by atoms with Gasteiger partial charge in [-0.05, 0) is 42.2 Å². The van der Waals surface area contributed by atoms with E-state index in [1.54, 1.807) is 12.1 Å².